The van der Waals surface area contributed by atoms with Crippen LogP contribution in [0.5, 0.6) is 17.2 Å². The van der Waals surface area contributed by atoms with Gasteiger partial charge in [0.1, 0.15) is 28.8 Å². The summed E-state index contributed by atoms with van der Waals surface area (Å²) in [7, 11) is 3.20. The van der Waals surface area contributed by atoms with Gasteiger partial charge in [-0.2, -0.15) is 5.10 Å². The third-order valence-corrected chi connectivity index (χ3v) is 14.2. The Morgan fingerprint density at radius 1 is 0.964 bits per heavy atom. The van der Waals surface area contributed by atoms with Crippen molar-refractivity contribution in [2.45, 2.75) is 39.0 Å². The molecule has 0 radical (unpaired) electrons. The summed E-state index contributed by atoms with van der Waals surface area (Å²) in [6, 6.07) is 19.1. The van der Waals surface area contributed by atoms with Gasteiger partial charge in [0.2, 0.25) is 23.6 Å². The number of aryl methyl sites for hydroxylation is 2. The molecular weight excluding hydrogens is 752 g/mol. The first-order valence-corrected chi connectivity index (χ1v) is 19.8. The van der Waals surface area contributed by atoms with Gasteiger partial charge in [0.25, 0.3) is 0 Å². The van der Waals surface area contributed by atoms with Crippen molar-refractivity contribution >= 4 is 62.5 Å². The number of phenols is 2. The lowest BCUT2D eigenvalue weighted by Crippen LogP contribution is -2.49. The van der Waals surface area contributed by atoms with Crippen LogP contribution >= 0.6 is 22.9 Å². The molecule has 56 heavy (non-hydrogen) atoms. The number of amides is 4. The minimum absolute atomic E-state index is 0.0933. The topological polar surface area (TPSA) is 142 Å². The highest BCUT2D eigenvalue weighted by atomic mass is 35.5. The second-order valence-electron chi connectivity index (χ2n) is 15.5. The molecule has 3 fully saturated rings. The van der Waals surface area contributed by atoms with Crippen LogP contribution < -0.4 is 9.64 Å². The van der Waals surface area contributed by atoms with Gasteiger partial charge in [0.05, 0.1) is 35.2 Å². The Balaban J connectivity index is 1.11. The first-order chi connectivity index (χ1) is 26.8. The van der Waals surface area contributed by atoms with Crippen LogP contribution in [0, 0.1) is 36.0 Å². The van der Waals surface area contributed by atoms with Crippen LogP contribution in [0.25, 0.3) is 20.7 Å². The van der Waals surface area contributed by atoms with E-state index >= 15 is 4.79 Å². The SMILES string of the molecule is COc1ccc(C2C3=CCC4C(=O)N(CCc5ccc(O)cc5)C(=O)C4C3CC3C(=O)N(c4cc(-c5sc6ccc(Cl)cc6c5C)nn4C)C(=O)C32C)c(O)c1. The molecule has 2 N–H and O–H groups in total. The van der Waals surface area contributed by atoms with Crippen LogP contribution in [-0.4, -0.2) is 62.2 Å². The number of thiophene rings is 1. The predicted molar refractivity (Wildman–Crippen MR) is 212 cm³/mol. The maximum atomic E-state index is 15.1. The smallest absolute Gasteiger partial charge is 0.242 e. The summed E-state index contributed by atoms with van der Waals surface area (Å²) < 4.78 is 7.98. The minimum Gasteiger partial charge on any atom is -0.508 e. The van der Waals surface area contributed by atoms with Gasteiger partial charge in [0.15, 0.2) is 0 Å². The van der Waals surface area contributed by atoms with E-state index in [1.54, 1.807) is 72.5 Å². The van der Waals surface area contributed by atoms with Crippen LogP contribution in [-0.2, 0) is 32.6 Å². The van der Waals surface area contributed by atoms with E-state index in [-0.39, 0.29) is 36.3 Å². The number of fused-ring (bicyclic) bond motifs is 5. The number of hydrogen-bond donors (Lipinski definition) is 2. The number of nitrogens with zero attached hydrogens (tertiary/aromatic N) is 4. The number of phenolic OH excluding ortho intramolecular Hbond substituents is 2. The van der Waals surface area contributed by atoms with E-state index in [9.17, 15) is 24.6 Å². The van der Waals surface area contributed by atoms with Crippen molar-refractivity contribution in [1.29, 1.82) is 0 Å². The highest BCUT2D eigenvalue weighted by Gasteiger charge is 2.68. The van der Waals surface area contributed by atoms with Gasteiger partial charge >= 0.3 is 0 Å². The highest BCUT2D eigenvalue weighted by Crippen LogP contribution is 2.64. The Morgan fingerprint density at radius 2 is 1.73 bits per heavy atom. The third kappa shape index (κ3) is 5.25. The first-order valence-electron chi connectivity index (χ1n) is 18.6. The average Bonchev–Trinajstić information content (AvgIpc) is 3.85. The summed E-state index contributed by atoms with van der Waals surface area (Å²) in [6.45, 7) is 3.97. The van der Waals surface area contributed by atoms with E-state index < -0.39 is 46.8 Å². The number of aromatic nitrogens is 2. The monoisotopic (exact) mass is 790 g/mol. The summed E-state index contributed by atoms with van der Waals surface area (Å²) in [5, 5.41) is 27.7. The Bertz CT molecular complexity index is 2540. The van der Waals surface area contributed by atoms with E-state index in [0.29, 0.717) is 40.7 Å². The molecule has 4 aliphatic rings. The zero-order chi connectivity index (χ0) is 39.4. The number of ether oxygens (including phenoxy) is 1. The lowest BCUT2D eigenvalue weighted by molar-refractivity contribution is -0.140. The number of hydrogen-bond acceptors (Lipinski definition) is 9. The second-order valence-corrected chi connectivity index (χ2v) is 17.0. The normalized spacial score (nSPS) is 25.8. The zero-order valence-electron chi connectivity index (χ0n) is 31.2. The molecular formula is C43H39ClN4O7S. The van der Waals surface area contributed by atoms with Gasteiger partial charge in [-0.25, -0.2) is 4.90 Å². The van der Waals surface area contributed by atoms with Gasteiger partial charge in [0, 0.05) is 46.9 Å². The van der Waals surface area contributed by atoms with Crippen LogP contribution in [0.15, 0.2) is 78.4 Å². The van der Waals surface area contributed by atoms with Crippen molar-refractivity contribution in [3.8, 4) is 27.8 Å². The molecule has 2 aliphatic carbocycles. The van der Waals surface area contributed by atoms with Crippen LogP contribution in [0.4, 0.5) is 5.82 Å². The molecule has 5 aromatic rings. The van der Waals surface area contributed by atoms with E-state index in [1.165, 1.54) is 23.0 Å². The molecule has 2 aliphatic heterocycles. The van der Waals surface area contributed by atoms with Crippen molar-refractivity contribution in [3.05, 3.63) is 100 Å². The lowest BCUT2D eigenvalue weighted by atomic mass is 9.51. The second kappa shape index (κ2) is 13.1. The number of rotatable bonds is 7. The lowest BCUT2D eigenvalue weighted by Gasteiger charge is -2.49. The molecule has 2 aromatic heterocycles. The molecule has 1 saturated carbocycles. The molecule has 2 saturated heterocycles. The van der Waals surface area contributed by atoms with Gasteiger partial charge in [-0.3, -0.25) is 28.8 Å². The number of halogens is 1. The summed E-state index contributed by atoms with van der Waals surface area (Å²) in [5.41, 5.74) is 2.36. The van der Waals surface area contributed by atoms with E-state index in [2.05, 4.69) is 0 Å². The van der Waals surface area contributed by atoms with Gasteiger partial charge in [-0.05, 0) is 91.9 Å². The largest absolute Gasteiger partial charge is 0.508 e. The van der Waals surface area contributed by atoms with Gasteiger partial charge in [-0.15, -0.1) is 11.3 Å². The molecule has 0 spiro atoms. The molecule has 0 bridgehead atoms. The Labute approximate surface area is 331 Å². The number of likely N-dealkylation sites (tertiary alicyclic amines) is 1. The fourth-order valence-electron chi connectivity index (χ4n) is 9.88. The predicted octanol–water partition coefficient (Wildman–Crippen LogP) is 7.16. The molecule has 13 heteroatoms. The number of imide groups is 2. The zero-order valence-corrected chi connectivity index (χ0v) is 32.7. The molecule has 9 rings (SSSR count). The van der Waals surface area contributed by atoms with Crippen LogP contribution in [0.2, 0.25) is 5.02 Å². The van der Waals surface area contributed by atoms with Crippen molar-refractivity contribution in [2.75, 3.05) is 18.6 Å². The quantitative estimate of drug-likeness (QED) is 0.131. The van der Waals surface area contributed by atoms with Crippen molar-refractivity contribution < 1.29 is 34.1 Å². The fourth-order valence-corrected chi connectivity index (χ4v) is 11.2. The number of methoxy groups -OCH3 is 1. The van der Waals surface area contributed by atoms with Gasteiger partial charge in [-0.1, -0.05) is 41.4 Å². The van der Waals surface area contributed by atoms with E-state index in [1.807, 2.05) is 31.2 Å². The van der Waals surface area contributed by atoms with E-state index in [4.69, 9.17) is 21.4 Å². The molecule has 4 amide bonds. The molecule has 3 aromatic carbocycles. The number of anilines is 1. The number of aromatic hydroxyl groups is 2. The maximum Gasteiger partial charge on any atom is 0.242 e. The molecule has 4 heterocycles. The average molecular weight is 791 g/mol. The first kappa shape index (κ1) is 36.2. The number of allylic oxidation sites excluding steroid dienone is 2. The summed E-state index contributed by atoms with van der Waals surface area (Å²) in [5.74, 6) is -4.09. The standard InChI is InChI=1S/C43H39ClN4O7S/c1-21-29-17-23(44)7-14-34(29)56-38(21)32-20-35(46(3)45-32)48-40(52)31-19-30-26(37(43(31,2)42(48)54)27-11-10-25(55-4)18-33(27)50)12-13-28-36(30)41(53)47(39(28)51)16-15-22-5-8-24(49)9-6-22/h5-12,14,17-18,20,28,30-31,36-37,49-50H,13,15-16,19H2,1-4H3. The molecule has 6 atom stereocenters. The molecule has 286 valence electrons. The minimum atomic E-state index is -1.35. The van der Waals surface area contributed by atoms with Crippen LogP contribution in [0.3, 0.4) is 0 Å². The summed E-state index contributed by atoms with van der Waals surface area (Å²) in [4.78, 5) is 61.7. The summed E-state index contributed by atoms with van der Waals surface area (Å²) >= 11 is 7.88. The highest BCUT2D eigenvalue weighted by molar-refractivity contribution is 7.22. The van der Waals surface area contributed by atoms with Crippen LogP contribution in [0.1, 0.15) is 42.4 Å². The van der Waals surface area contributed by atoms with E-state index in [0.717, 1.165) is 31.7 Å². The Morgan fingerprint density at radius 3 is 2.46 bits per heavy atom. The summed E-state index contributed by atoms with van der Waals surface area (Å²) in [6.07, 6.45) is 2.87. The third-order valence-electron chi connectivity index (χ3n) is 12.7. The molecule has 6 unspecified atom stereocenters. The van der Waals surface area contributed by atoms with Crippen molar-refractivity contribution in [2.24, 2.45) is 36.1 Å². The number of carbonyl (C=O) groups excluding carboxylic acids is 4. The Hall–Kier alpha value is -5.46. The fraction of sp³-hybridized carbons (Fsp3) is 0.326. The molecule has 11 nitrogen and oxygen atoms in total. The van der Waals surface area contributed by atoms with Crippen molar-refractivity contribution in [1.82, 2.24) is 14.7 Å². The number of benzene rings is 3. The number of carbonyl (C=O) groups is 4. The Kier molecular flexibility index (Phi) is 8.44. The van der Waals surface area contributed by atoms with Crippen molar-refractivity contribution in [3.63, 3.8) is 0 Å². The van der Waals surface area contributed by atoms with Gasteiger partial charge < -0.3 is 14.9 Å². The maximum absolute atomic E-state index is 15.1.